The Morgan fingerprint density at radius 1 is 1.33 bits per heavy atom. The van der Waals surface area contributed by atoms with Gasteiger partial charge in [0.2, 0.25) is 6.17 Å². The molecule has 0 fully saturated rings. The highest BCUT2D eigenvalue weighted by Crippen LogP contribution is 1.97. The van der Waals surface area contributed by atoms with Crippen molar-refractivity contribution in [3.8, 4) is 0 Å². The quantitative estimate of drug-likeness (QED) is 0.477. The van der Waals surface area contributed by atoms with Gasteiger partial charge in [0.05, 0.1) is 13.1 Å². The lowest BCUT2D eigenvalue weighted by Crippen LogP contribution is -2.24. The molecule has 0 aliphatic carbocycles. The molecule has 3 nitrogen and oxygen atoms in total. The van der Waals surface area contributed by atoms with Crippen LogP contribution in [0.3, 0.4) is 0 Å². The van der Waals surface area contributed by atoms with Crippen LogP contribution in [-0.2, 0) is 14.3 Å². The predicted octanol–water partition coefficient (Wildman–Crippen LogP) is 0.723. The lowest BCUT2D eigenvalue weighted by atomic mass is 10.4. The summed E-state index contributed by atoms with van der Waals surface area (Å²) in [5.41, 5.74) is 0. The number of alkyl halides is 3. The zero-order valence-corrected chi connectivity index (χ0v) is 6.06. The lowest BCUT2D eigenvalue weighted by molar-refractivity contribution is -0.163. The van der Waals surface area contributed by atoms with Crippen molar-refractivity contribution < 1.29 is 27.5 Å². The summed E-state index contributed by atoms with van der Waals surface area (Å²) in [7, 11) is 0. The maximum Gasteiger partial charge on any atom is 0.351 e. The Labute approximate surface area is 66.5 Å². The van der Waals surface area contributed by atoms with Crippen LogP contribution < -0.4 is 0 Å². The summed E-state index contributed by atoms with van der Waals surface area (Å²) in [5.74, 6) is -2.81. The molecule has 0 aliphatic heterocycles. The highest BCUT2D eigenvalue weighted by molar-refractivity contribution is 5.87. The maximum absolute atomic E-state index is 12.0. The summed E-state index contributed by atoms with van der Waals surface area (Å²) in [6.45, 7) is -2.56. The van der Waals surface area contributed by atoms with Crippen LogP contribution >= 0.6 is 0 Å². The van der Waals surface area contributed by atoms with Crippen LogP contribution in [0.25, 0.3) is 0 Å². The second kappa shape index (κ2) is 5.56. The second-order valence-electron chi connectivity index (χ2n) is 1.85. The fourth-order valence-corrected chi connectivity index (χ4v) is 0.367. The van der Waals surface area contributed by atoms with E-state index in [0.29, 0.717) is 0 Å². The molecule has 0 aromatic heterocycles. The molecule has 0 amide bonds. The molecule has 0 aromatic rings. The van der Waals surface area contributed by atoms with E-state index in [-0.39, 0.29) is 0 Å². The van der Waals surface area contributed by atoms with Crippen molar-refractivity contribution in [2.45, 2.75) is 12.6 Å². The largest absolute Gasteiger partial charge is 0.391 e. The van der Waals surface area contributed by atoms with E-state index in [4.69, 9.17) is 0 Å². The SMILES string of the molecule is O=C(CCF)OC(=O)C(F)CF. The summed E-state index contributed by atoms with van der Waals surface area (Å²) < 4.78 is 38.6. The summed E-state index contributed by atoms with van der Waals surface area (Å²) in [4.78, 5) is 20.6. The first-order chi connectivity index (χ1) is 5.61. The van der Waals surface area contributed by atoms with Gasteiger partial charge in [-0.15, -0.1) is 0 Å². The molecule has 0 aliphatic rings. The normalized spacial score (nSPS) is 12.2. The van der Waals surface area contributed by atoms with E-state index < -0.39 is 37.9 Å². The number of hydrogen-bond acceptors (Lipinski definition) is 3. The van der Waals surface area contributed by atoms with E-state index in [9.17, 15) is 22.8 Å². The Kier molecular flexibility index (Phi) is 5.07. The summed E-state index contributed by atoms with van der Waals surface area (Å²) in [6.07, 6.45) is -3.10. The van der Waals surface area contributed by atoms with Crippen molar-refractivity contribution in [1.82, 2.24) is 0 Å². The van der Waals surface area contributed by atoms with Gasteiger partial charge in [-0.05, 0) is 0 Å². The molecule has 0 saturated heterocycles. The van der Waals surface area contributed by atoms with E-state index in [2.05, 4.69) is 4.74 Å². The Bertz CT molecular complexity index is 171. The minimum atomic E-state index is -2.46. The van der Waals surface area contributed by atoms with Crippen LogP contribution in [0.5, 0.6) is 0 Å². The molecule has 1 atom stereocenters. The maximum atomic E-state index is 12.0. The fourth-order valence-electron chi connectivity index (χ4n) is 0.367. The molecule has 0 aromatic carbocycles. The fraction of sp³-hybridized carbons (Fsp3) is 0.667. The molecule has 0 N–H and O–H groups in total. The molecule has 0 radical (unpaired) electrons. The van der Waals surface area contributed by atoms with Crippen LogP contribution in [0.15, 0.2) is 0 Å². The van der Waals surface area contributed by atoms with Crippen molar-refractivity contribution in [3.05, 3.63) is 0 Å². The zero-order valence-electron chi connectivity index (χ0n) is 6.06. The van der Waals surface area contributed by atoms with Crippen molar-refractivity contribution in [2.24, 2.45) is 0 Å². The molecule has 0 rings (SSSR count). The first kappa shape index (κ1) is 10.9. The van der Waals surface area contributed by atoms with Gasteiger partial charge >= 0.3 is 11.9 Å². The third-order valence-corrected chi connectivity index (χ3v) is 0.904. The van der Waals surface area contributed by atoms with E-state index in [1.165, 1.54) is 0 Å². The summed E-state index contributed by atoms with van der Waals surface area (Å²) >= 11 is 0. The third-order valence-electron chi connectivity index (χ3n) is 0.904. The summed E-state index contributed by atoms with van der Waals surface area (Å²) in [5, 5.41) is 0. The van der Waals surface area contributed by atoms with Crippen LogP contribution in [0, 0.1) is 0 Å². The Morgan fingerprint density at radius 2 is 1.92 bits per heavy atom. The highest BCUT2D eigenvalue weighted by Gasteiger charge is 2.21. The van der Waals surface area contributed by atoms with Crippen molar-refractivity contribution in [2.75, 3.05) is 13.3 Å². The monoisotopic (exact) mass is 184 g/mol. The first-order valence-corrected chi connectivity index (χ1v) is 3.12. The zero-order chi connectivity index (χ0) is 9.56. The van der Waals surface area contributed by atoms with Gasteiger partial charge in [-0.25, -0.2) is 13.6 Å². The molecular formula is C6H7F3O3. The van der Waals surface area contributed by atoms with Crippen LogP contribution in [0.2, 0.25) is 0 Å². The van der Waals surface area contributed by atoms with Crippen molar-refractivity contribution in [1.29, 1.82) is 0 Å². The molecular weight excluding hydrogens is 177 g/mol. The molecule has 12 heavy (non-hydrogen) atoms. The smallest absolute Gasteiger partial charge is 0.351 e. The molecule has 6 heteroatoms. The number of esters is 2. The van der Waals surface area contributed by atoms with Gasteiger partial charge in [0.25, 0.3) is 0 Å². The van der Waals surface area contributed by atoms with E-state index in [1.807, 2.05) is 0 Å². The van der Waals surface area contributed by atoms with Crippen LogP contribution in [0.4, 0.5) is 13.2 Å². The molecule has 0 bridgehead atoms. The molecule has 1 unspecified atom stereocenters. The molecule has 70 valence electrons. The van der Waals surface area contributed by atoms with Crippen LogP contribution in [0.1, 0.15) is 6.42 Å². The van der Waals surface area contributed by atoms with Crippen molar-refractivity contribution >= 4 is 11.9 Å². The van der Waals surface area contributed by atoms with Gasteiger partial charge in [0.1, 0.15) is 6.67 Å². The Hall–Kier alpha value is -1.07. The van der Waals surface area contributed by atoms with Gasteiger partial charge in [-0.1, -0.05) is 0 Å². The minimum absolute atomic E-state index is 0.634. The number of ether oxygens (including phenoxy) is 1. The second-order valence-corrected chi connectivity index (χ2v) is 1.85. The number of rotatable bonds is 4. The molecule has 0 saturated carbocycles. The minimum Gasteiger partial charge on any atom is -0.391 e. The van der Waals surface area contributed by atoms with Gasteiger partial charge in [-0.2, -0.15) is 0 Å². The first-order valence-electron chi connectivity index (χ1n) is 3.12. The third kappa shape index (κ3) is 3.95. The average molecular weight is 184 g/mol. The predicted molar refractivity (Wildman–Crippen MR) is 32.6 cm³/mol. The topological polar surface area (TPSA) is 43.4 Å². The lowest BCUT2D eigenvalue weighted by Gasteiger charge is -2.01. The van der Waals surface area contributed by atoms with Gasteiger partial charge in [-0.3, -0.25) is 9.18 Å². The Balaban J connectivity index is 3.76. The van der Waals surface area contributed by atoms with E-state index in [1.54, 1.807) is 0 Å². The van der Waals surface area contributed by atoms with Crippen LogP contribution in [-0.4, -0.2) is 31.5 Å². The van der Waals surface area contributed by atoms with E-state index >= 15 is 0 Å². The molecule has 0 spiro atoms. The Morgan fingerprint density at radius 3 is 2.33 bits per heavy atom. The number of carbonyl (C=O) groups excluding carboxylic acids is 2. The van der Waals surface area contributed by atoms with Gasteiger partial charge in [0.15, 0.2) is 0 Å². The average Bonchev–Trinajstić information content (AvgIpc) is 2.03. The van der Waals surface area contributed by atoms with Gasteiger partial charge < -0.3 is 4.74 Å². The van der Waals surface area contributed by atoms with E-state index in [0.717, 1.165) is 0 Å². The van der Waals surface area contributed by atoms with Gasteiger partial charge in [0, 0.05) is 0 Å². The standard InChI is InChI=1S/C6H7F3O3/c7-2-1-5(10)12-6(11)4(9)3-8/h4H,1-3H2. The van der Waals surface area contributed by atoms with Crippen molar-refractivity contribution in [3.63, 3.8) is 0 Å². The highest BCUT2D eigenvalue weighted by atomic mass is 19.2. The number of halogens is 3. The number of hydrogen-bond donors (Lipinski definition) is 0. The number of carbonyl (C=O) groups is 2. The summed E-state index contributed by atoms with van der Waals surface area (Å²) in [6, 6.07) is 0. The molecule has 0 heterocycles.